The molecule has 0 aromatic rings. The molecule has 1 nitrogen and oxygen atoms in total. The Labute approximate surface area is 74.9 Å². The minimum absolute atomic E-state index is 0.259. The summed E-state index contributed by atoms with van der Waals surface area (Å²) >= 11 is 0. The zero-order chi connectivity index (χ0) is 9.35. The molecule has 12 heavy (non-hydrogen) atoms. The summed E-state index contributed by atoms with van der Waals surface area (Å²) in [5.41, 5.74) is 0.264. The van der Waals surface area contributed by atoms with Crippen LogP contribution in [0.4, 0.5) is 4.39 Å². The van der Waals surface area contributed by atoms with E-state index in [1.807, 2.05) is 7.05 Å². The molecule has 1 heterocycles. The summed E-state index contributed by atoms with van der Waals surface area (Å²) in [5, 5.41) is 0. The van der Waals surface area contributed by atoms with Gasteiger partial charge in [0, 0.05) is 19.0 Å². The molecule has 0 aliphatic carbocycles. The lowest BCUT2D eigenvalue weighted by Crippen LogP contribution is -2.20. The topological polar surface area (TPSA) is 3.24 Å². The highest BCUT2D eigenvalue weighted by Crippen LogP contribution is 2.31. The maximum atomic E-state index is 13.3. The molecule has 1 aliphatic heterocycles. The van der Waals surface area contributed by atoms with Crippen molar-refractivity contribution in [3.05, 3.63) is 0 Å². The fourth-order valence-corrected chi connectivity index (χ4v) is 2.02. The average molecular weight is 173 g/mol. The number of halogens is 1. The number of hydrogen-bond acceptors (Lipinski definition) is 1. The summed E-state index contributed by atoms with van der Waals surface area (Å²) in [6, 6.07) is 0. The van der Waals surface area contributed by atoms with E-state index < -0.39 is 6.17 Å². The van der Waals surface area contributed by atoms with Crippen LogP contribution >= 0.6 is 0 Å². The molecule has 0 spiro atoms. The lowest BCUT2D eigenvalue weighted by atomic mass is 9.84. The molecular weight excluding hydrogens is 153 g/mol. The van der Waals surface area contributed by atoms with E-state index in [0.29, 0.717) is 6.54 Å². The Balaban J connectivity index is 2.43. The maximum absolute atomic E-state index is 13.3. The Morgan fingerprint density at radius 1 is 1.33 bits per heavy atom. The van der Waals surface area contributed by atoms with Gasteiger partial charge in [-0.05, 0) is 18.9 Å². The maximum Gasteiger partial charge on any atom is 0.117 e. The molecule has 2 heteroatoms. The first-order chi connectivity index (χ1) is 5.38. The second kappa shape index (κ2) is 3.33. The highest BCUT2D eigenvalue weighted by atomic mass is 19.1. The highest BCUT2D eigenvalue weighted by molar-refractivity contribution is 4.84. The molecule has 2 unspecified atom stereocenters. The lowest BCUT2D eigenvalue weighted by molar-refractivity contribution is 0.213. The van der Waals surface area contributed by atoms with E-state index in [4.69, 9.17) is 0 Å². The summed E-state index contributed by atoms with van der Waals surface area (Å²) in [6.07, 6.45) is 0.396. The first kappa shape index (κ1) is 9.97. The van der Waals surface area contributed by atoms with Crippen molar-refractivity contribution in [2.45, 2.75) is 33.4 Å². The van der Waals surface area contributed by atoms with Gasteiger partial charge in [0.1, 0.15) is 6.17 Å². The number of hydrogen-bond donors (Lipinski definition) is 0. The van der Waals surface area contributed by atoms with Crippen molar-refractivity contribution >= 4 is 0 Å². The normalized spacial score (nSPS) is 32.8. The third kappa shape index (κ3) is 2.74. The molecule has 0 amide bonds. The van der Waals surface area contributed by atoms with Crippen LogP contribution in [0.5, 0.6) is 0 Å². The van der Waals surface area contributed by atoms with Crippen molar-refractivity contribution in [1.29, 1.82) is 0 Å². The number of alkyl halides is 1. The van der Waals surface area contributed by atoms with E-state index in [-0.39, 0.29) is 11.3 Å². The summed E-state index contributed by atoms with van der Waals surface area (Å²) in [7, 11) is 2.00. The van der Waals surface area contributed by atoms with Gasteiger partial charge in [-0.1, -0.05) is 20.8 Å². The van der Waals surface area contributed by atoms with Gasteiger partial charge in [0.05, 0.1) is 0 Å². The van der Waals surface area contributed by atoms with Crippen LogP contribution in [0.3, 0.4) is 0 Å². The van der Waals surface area contributed by atoms with Crippen LogP contribution in [-0.2, 0) is 0 Å². The molecule has 2 atom stereocenters. The van der Waals surface area contributed by atoms with Gasteiger partial charge in [-0.3, -0.25) is 0 Å². The van der Waals surface area contributed by atoms with E-state index in [0.717, 1.165) is 13.0 Å². The molecule has 0 aromatic heterocycles. The molecule has 0 bridgehead atoms. The summed E-state index contributed by atoms with van der Waals surface area (Å²) in [4.78, 5) is 2.08. The minimum atomic E-state index is -0.603. The molecule has 1 aliphatic rings. The molecule has 0 radical (unpaired) electrons. The van der Waals surface area contributed by atoms with Crippen LogP contribution < -0.4 is 0 Å². The quantitative estimate of drug-likeness (QED) is 0.588. The number of nitrogens with zero attached hydrogens (tertiary/aromatic N) is 1. The Morgan fingerprint density at radius 3 is 2.25 bits per heavy atom. The molecule has 1 rings (SSSR count). The van der Waals surface area contributed by atoms with Gasteiger partial charge in [-0.15, -0.1) is 0 Å². The van der Waals surface area contributed by atoms with Crippen LogP contribution in [0.2, 0.25) is 0 Å². The fourth-order valence-electron chi connectivity index (χ4n) is 2.02. The number of rotatable bonds is 1. The van der Waals surface area contributed by atoms with Crippen molar-refractivity contribution in [3.63, 3.8) is 0 Å². The zero-order valence-electron chi connectivity index (χ0n) is 8.60. The SMILES string of the molecule is CN1CC(F)C(CC(C)(C)C)C1. The molecule has 72 valence electrons. The first-order valence-electron chi connectivity index (χ1n) is 4.71. The van der Waals surface area contributed by atoms with Gasteiger partial charge < -0.3 is 4.90 Å². The van der Waals surface area contributed by atoms with Crippen LogP contribution in [0, 0.1) is 11.3 Å². The largest absolute Gasteiger partial charge is 0.303 e. The molecule has 1 saturated heterocycles. The monoisotopic (exact) mass is 173 g/mol. The summed E-state index contributed by atoms with van der Waals surface area (Å²) < 4.78 is 13.3. The molecule has 1 fully saturated rings. The third-order valence-electron chi connectivity index (χ3n) is 2.42. The second-order valence-electron chi connectivity index (χ2n) is 5.26. The van der Waals surface area contributed by atoms with Crippen LogP contribution in [-0.4, -0.2) is 31.2 Å². The minimum Gasteiger partial charge on any atom is -0.303 e. The molecule has 0 N–H and O–H groups in total. The van der Waals surface area contributed by atoms with Gasteiger partial charge >= 0.3 is 0 Å². The first-order valence-corrected chi connectivity index (χ1v) is 4.71. The smallest absolute Gasteiger partial charge is 0.117 e. The molecule has 0 aromatic carbocycles. The van der Waals surface area contributed by atoms with E-state index in [2.05, 4.69) is 25.7 Å². The van der Waals surface area contributed by atoms with Crippen LogP contribution in [0.15, 0.2) is 0 Å². The van der Waals surface area contributed by atoms with Crippen LogP contribution in [0.1, 0.15) is 27.2 Å². The van der Waals surface area contributed by atoms with Gasteiger partial charge in [-0.25, -0.2) is 4.39 Å². The van der Waals surface area contributed by atoms with Crippen molar-refractivity contribution in [3.8, 4) is 0 Å². The molecule has 0 saturated carbocycles. The Bertz CT molecular complexity index is 150. The Hall–Kier alpha value is -0.110. The van der Waals surface area contributed by atoms with Crippen LogP contribution in [0.25, 0.3) is 0 Å². The van der Waals surface area contributed by atoms with Gasteiger partial charge in [0.2, 0.25) is 0 Å². The van der Waals surface area contributed by atoms with Crippen molar-refractivity contribution in [1.82, 2.24) is 4.90 Å². The predicted molar refractivity (Wildman–Crippen MR) is 50.0 cm³/mol. The second-order valence-corrected chi connectivity index (χ2v) is 5.26. The van der Waals surface area contributed by atoms with Crippen molar-refractivity contribution < 1.29 is 4.39 Å². The summed E-state index contributed by atoms with van der Waals surface area (Å²) in [6.45, 7) is 8.09. The summed E-state index contributed by atoms with van der Waals surface area (Å²) in [5.74, 6) is 0.259. The van der Waals surface area contributed by atoms with Crippen molar-refractivity contribution in [2.24, 2.45) is 11.3 Å². The standard InChI is InChI=1S/C10H20FN/c1-10(2,3)5-8-6-12(4)7-9(8)11/h8-9H,5-7H2,1-4H3. The van der Waals surface area contributed by atoms with Gasteiger partial charge in [0.15, 0.2) is 0 Å². The fraction of sp³-hybridized carbons (Fsp3) is 1.00. The highest BCUT2D eigenvalue weighted by Gasteiger charge is 2.33. The Morgan fingerprint density at radius 2 is 1.92 bits per heavy atom. The van der Waals surface area contributed by atoms with E-state index in [9.17, 15) is 4.39 Å². The predicted octanol–water partition coefficient (Wildman–Crippen LogP) is 2.32. The van der Waals surface area contributed by atoms with Gasteiger partial charge in [-0.2, -0.15) is 0 Å². The average Bonchev–Trinajstić information content (AvgIpc) is 2.06. The third-order valence-corrected chi connectivity index (χ3v) is 2.42. The van der Waals surface area contributed by atoms with E-state index in [1.165, 1.54) is 0 Å². The van der Waals surface area contributed by atoms with Crippen molar-refractivity contribution in [2.75, 3.05) is 20.1 Å². The molecular formula is C10H20FN. The lowest BCUT2D eigenvalue weighted by Gasteiger charge is -2.23. The number of likely N-dealkylation sites (tertiary alicyclic amines) is 1. The zero-order valence-corrected chi connectivity index (χ0v) is 8.60. The Kier molecular flexibility index (Phi) is 2.77. The van der Waals surface area contributed by atoms with E-state index >= 15 is 0 Å². The van der Waals surface area contributed by atoms with Gasteiger partial charge in [0.25, 0.3) is 0 Å². The van der Waals surface area contributed by atoms with E-state index in [1.54, 1.807) is 0 Å².